The van der Waals surface area contributed by atoms with Gasteiger partial charge in [-0.05, 0) is 37.5 Å². The highest BCUT2D eigenvalue weighted by molar-refractivity contribution is 7.98. The van der Waals surface area contributed by atoms with E-state index < -0.39 is 5.54 Å². The summed E-state index contributed by atoms with van der Waals surface area (Å²) in [5.41, 5.74) is -0.403. The molecule has 0 aromatic heterocycles. The molecule has 4 nitrogen and oxygen atoms in total. The van der Waals surface area contributed by atoms with Gasteiger partial charge in [0.15, 0.2) is 0 Å². The zero-order valence-corrected chi connectivity index (χ0v) is 16.3. The number of rotatable bonds is 4. The van der Waals surface area contributed by atoms with E-state index in [9.17, 15) is 9.59 Å². The molecule has 1 aliphatic rings. The van der Waals surface area contributed by atoms with Crippen LogP contribution in [0.1, 0.15) is 44.5 Å². The van der Waals surface area contributed by atoms with E-state index in [4.69, 9.17) is 0 Å². The van der Waals surface area contributed by atoms with Gasteiger partial charge in [-0.25, -0.2) is 0 Å². The third-order valence-corrected chi connectivity index (χ3v) is 5.34. The fourth-order valence-electron chi connectivity index (χ4n) is 3.59. The van der Waals surface area contributed by atoms with Crippen LogP contribution in [0, 0.1) is 5.41 Å². The average Bonchev–Trinajstić information content (AvgIpc) is 2.74. The van der Waals surface area contributed by atoms with E-state index in [1.165, 1.54) is 0 Å². The van der Waals surface area contributed by atoms with Gasteiger partial charge in [-0.2, -0.15) is 11.8 Å². The number of likely N-dealkylation sites (N-methyl/N-ethyl adjacent to an activating group) is 1. The first-order valence-corrected chi connectivity index (χ1v) is 9.69. The monoisotopic (exact) mass is 348 g/mol. The van der Waals surface area contributed by atoms with Gasteiger partial charge in [0.05, 0.1) is 0 Å². The highest BCUT2D eigenvalue weighted by Gasteiger charge is 2.57. The molecule has 1 fully saturated rings. The van der Waals surface area contributed by atoms with Gasteiger partial charge in [0.25, 0.3) is 5.91 Å². The number of amides is 2. The Labute approximate surface area is 149 Å². The second kappa shape index (κ2) is 6.79. The minimum Gasteiger partial charge on any atom is -0.323 e. The van der Waals surface area contributed by atoms with Crippen LogP contribution in [0.5, 0.6) is 0 Å². The number of hydrogen-bond donors (Lipinski definition) is 0. The Morgan fingerprint density at radius 2 is 1.83 bits per heavy atom. The van der Waals surface area contributed by atoms with Crippen molar-refractivity contribution in [2.24, 2.45) is 5.41 Å². The maximum absolute atomic E-state index is 13.3. The number of carbonyl (C=O) groups is 2. The SMILES string of the molecule is CSCCC1(C)C(=O)N(C)C(C(C)(C)C)N1C(=O)c1ccccc1. The van der Waals surface area contributed by atoms with Crippen LogP contribution in [-0.4, -0.2) is 52.4 Å². The van der Waals surface area contributed by atoms with E-state index in [-0.39, 0.29) is 23.4 Å². The molecule has 1 aliphatic heterocycles. The van der Waals surface area contributed by atoms with E-state index >= 15 is 0 Å². The molecular weight excluding hydrogens is 320 g/mol. The Kier molecular flexibility index (Phi) is 5.33. The maximum Gasteiger partial charge on any atom is 0.256 e. The first-order valence-electron chi connectivity index (χ1n) is 8.29. The normalized spacial score (nSPS) is 24.6. The summed E-state index contributed by atoms with van der Waals surface area (Å²) in [6.45, 7) is 8.14. The lowest BCUT2D eigenvalue weighted by Gasteiger charge is -2.41. The van der Waals surface area contributed by atoms with Crippen molar-refractivity contribution in [2.45, 2.75) is 45.8 Å². The van der Waals surface area contributed by atoms with Gasteiger partial charge >= 0.3 is 0 Å². The molecule has 24 heavy (non-hydrogen) atoms. The topological polar surface area (TPSA) is 40.6 Å². The van der Waals surface area contributed by atoms with Gasteiger partial charge in [-0.1, -0.05) is 39.0 Å². The molecule has 0 N–H and O–H groups in total. The van der Waals surface area contributed by atoms with E-state index in [0.29, 0.717) is 12.0 Å². The summed E-state index contributed by atoms with van der Waals surface area (Å²) < 4.78 is 0. The largest absolute Gasteiger partial charge is 0.323 e. The first-order chi connectivity index (χ1) is 11.1. The molecule has 0 spiro atoms. The Morgan fingerprint density at radius 1 is 1.25 bits per heavy atom. The van der Waals surface area contributed by atoms with Gasteiger partial charge in [-0.3, -0.25) is 9.59 Å². The molecule has 0 radical (unpaired) electrons. The van der Waals surface area contributed by atoms with Crippen molar-refractivity contribution in [3.05, 3.63) is 35.9 Å². The molecular formula is C19H28N2O2S. The predicted octanol–water partition coefficient (Wildman–Crippen LogP) is 3.48. The van der Waals surface area contributed by atoms with Crippen molar-refractivity contribution in [3.8, 4) is 0 Å². The van der Waals surface area contributed by atoms with Gasteiger partial charge < -0.3 is 9.80 Å². The van der Waals surface area contributed by atoms with Crippen LogP contribution >= 0.6 is 11.8 Å². The van der Waals surface area contributed by atoms with E-state index in [1.807, 2.05) is 55.5 Å². The number of carbonyl (C=O) groups excluding carboxylic acids is 2. The summed E-state index contributed by atoms with van der Waals surface area (Å²) >= 11 is 1.70. The number of benzene rings is 1. The van der Waals surface area contributed by atoms with E-state index in [2.05, 4.69) is 20.8 Å². The Bertz CT molecular complexity index is 612. The van der Waals surface area contributed by atoms with Gasteiger partial charge in [0.1, 0.15) is 11.7 Å². The van der Waals surface area contributed by atoms with E-state index in [0.717, 1.165) is 5.75 Å². The maximum atomic E-state index is 13.3. The summed E-state index contributed by atoms with van der Waals surface area (Å²) in [6, 6.07) is 9.26. The van der Waals surface area contributed by atoms with E-state index in [1.54, 1.807) is 16.7 Å². The molecule has 5 heteroatoms. The fourth-order valence-corrected chi connectivity index (χ4v) is 4.19. The lowest BCUT2D eigenvalue weighted by molar-refractivity contribution is -0.132. The molecule has 2 amide bonds. The summed E-state index contributed by atoms with van der Waals surface area (Å²) in [4.78, 5) is 29.9. The average molecular weight is 349 g/mol. The third kappa shape index (κ3) is 3.18. The molecule has 1 saturated heterocycles. The molecule has 1 aromatic rings. The fraction of sp³-hybridized carbons (Fsp3) is 0.579. The Balaban J connectivity index is 2.53. The zero-order chi connectivity index (χ0) is 18.1. The second-order valence-corrected chi connectivity index (χ2v) is 8.70. The van der Waals surface area contributed by atoms with Gasteiger partial charge in [0, 0.05) is 18.0 Å². The summed E-state index contributed by atoms with van der Waals surface area (Å²) in [5, 5.41) is 0. The molecule has 0 bridgehead atoms. The quantitative estimate of drug-likeness (QED) is 0.836. The van der Waals surface area contributed by atoms with Crippen molar-refractivity contribution in [1.82, 2.24) is 9.80 Å². The lowest BCUT2D eigenvalue weighted by atomic mass is 9.89. The smallest absolute Gasteiger partial charge is 0.256 e. The Hall–Kier alpha value is -1.49. The number of nitrogens with zero attached hydrogens (tertiary/aromatic N) is 2. The van der Waals surface area contributed by atoms with Gasteiger partial charge in [0.2, 0.25) is 5.91 Å². The van der Waals surface area contributed by atoms with Crippen LogP contribution in [0.3, 0.4) is 0 Å². The molecule has 2 rings (SSSR count). The molecule has 1 aromatic carbocycles. The molecule has 1 heterocycles. The minimum atomic E-state index is -0.803. The van der Waals surface area contributed by atoms with Crippen molar-refractivity contribution >= 4 is 23.6 Å². The Morgan fingerprint density at radius 3 is 2.33 bits per heavy atom. The summed E-state index contributed by atoms with van der Waals surface area (Å²) in [6.07, 6.45) is 2.42. The summed E-state index contributed by atoms with van der Waals surface area (Å²) in [5.74, 6) is 0.795. The number of hydrogen-bond acceptors (Lipinski definition) is 3. The second-order valence-electron chi connectivity index (χ2n) is 7.71. The number of thioether (sulfide) groups is 1. The van der Waals surface area contributed by atoms with Gasteiger partial charge in [-0.15, -0.1) is 0 Å². The first kappa shape index (κ1) is 18.8. The molecule has 2 atom stereocenters. The third-order valence-electron chi connectivity index (χ3n) is 4.73. The van der Waals surface area contributed by atoms with Crippen LogP contribution in [0.15, 0.2) is 30.3 Å². The van der Waals surface area contributed by atoms with Crippen LogP contribution in [0.25, 0.3) is 0 Å². The highest BCUT2D eigenvalue weighted by Crippen LogP contribution is 2.42. The minimum absolute atomic E-state index is 0.0285. The van der Waals surface area contributed by atoms with Crippen molar-refractivity contribution in [2.75, 3.05) is 19.1 Å². The van der Waals surface area contributed by atoms with Crippen LogP contribution < -0.4 is 0 Å². The molecule has 2 unspecified atom stereocenters. The molecule has 0 saturated carbocycles. The highest BCUT2D eigenvalue weighted by atomic mass is 32.2. The zero-order valence-electron chi connectivity index (χ0n) is 15.5. The molecule has 0 aliphatic carbocycles. The van der Waals surface area contributed by atoms with Crippen molar-refractivity contribution in [1.29, 1.82) is 0 Å². The van der Waals surface area contributed by atoms with Crippen LogP contribution in [0.2, 0.25) is 0 Å². The lowest BCUT2D eigenvalue weighted by Crippen LogP contribution is -2.55. The molecule has 132 valence electrons. The predicted molar refractivity (Wildman–Crippen MR) is 100 cm³/mol. The van der Waals surface area contributed by atoms with Crippen LogP contribution in [0.4, 0.5) is 0 Å². The summed E-state index contributed by atoms with van der Waals surface area (Å²) in [7, 11) is 1.81. The van der Waals surface area contributed by atoms with Crippen LogP contribution in [-0.2, 0) is 4.79 Å². The van der Waals surface area contributed by atoms with Crippen molar-refractivity contribution in [3.63, 3.8) is 0 Å². The van der Waals surface area contributed by atoms with Crippen molar-refractivity contribution < 1.29 is 9.59 Å². The standard InChI is InChI=1S/C19H28N2O2S/c1-18(2,3)16-20(5)17(23)19(4,12-13-24-6)21(16)15(22)14-10-8-7-9-11-14/h7-11,16H,12-13H2,1-6H3.